The maximum atomic E-state index is 12.7. The molecule has 0 N–H and O–H groups in total. The quantitative estimate of drug-likeness (QED) is 0.829. The SMILES string of the molecule is CC(C)C1N(C(=O)c2ccccc2)CC12CCOCC2. The third-order valence-electron chi connectivity index (χ3n) is 4.85. The molecule has 0 aromatic heterocycles. The van der Waals surface area contributed by atoms with Gasteiger partial charge in [-0.05, 0) is 30.9 Å². The number of benzene rings is 1. The zero-order valence-corrected chi connectivity index (χ0v) is 12.3. The summed E-state index contributed by atoms with van der Waals surface area (Å²) in [5.74, 6) is 0.677. The zero-order chi connectivity index (χ0) is 14.2. The first-order valence-corrected chi connectivity index (χ1v) is 7.58. The molecule has 1 aromatic rings. The molecule has 0 aliphatic carbocycles. The van der Waals surface area contributed by atoms with Gasteiger partial charge in [0.25, 0.3) is 5.91 Å². The largest absolute Gasteiger partial charge is 0.381 e. The zero-order valence-electron chi connectivity index (χ0n) is 12.3. The lowest BCUT2D eigenvalue weighted by molar-refractivity contribution is -0.127. The van der Waals surface area contributed by atoms with Gasteiger partial charge in [-0.3, -0.25) is 4.79 Å². The van der Waals surface area contributed by atoms with Crippen LogP contribution in [0.2, 0.25) is 0 Å². The first-order chi connectivity index (χ1) is 9.64. The van der Waals surface area contributed by atoms with Gasteiger partial charge in [-0.2, -0.15) is 0 Å². The normalized spacial score (nSPS) is 24.8. The number of carbonyl (C=O) groups excluding carboxylic acids is 1. The minimum atomic E-state index is 0.182. The summed E-state index contributed by atoms with van der Waals surface area (Å²) in [6, 6.07) is 10.00. The molecule has 3 heteroatoms. The van der Waals surface area contributed by atoms with Crippen LogP contribution in [0.25, 0.3) is 0 Å². The Hall–Kier alpha value is -1.35. The van der Waals surface area contributed by atoms with E-state index in [9.17, 15) is 4.79 Å². The Morgan fingerprint density at radius 3 is 2.50 bits per heavy atom. The molecular formula is C17H23NO2. The minimum Gasteiger partial charge on any atom is -0.381 e. The van der Waals surface area contributed by atoms with E-state index in [1.807, 2.05) is 30.3 Å². The van der Waals surface area contributed by atoms with Crippen molar-refractivity contribution in [3.63, 3.8) is 0 Å². The van der Waals surface area contributed by atoms with Crippen LogP contribution in [0.1, 0.15) is 37.0 Å². The van der Waals surface area contributed by atoms with Crippen molar-refractivity contribution in [2.75, 3.05) is 19.8 Å². The van der Waals surface area contributed by atoms with Gasteiger partial charge < -0.3 is 9.64 Å². The molecule has 2 aliphatic rings. The van der Waals surface area contributed by atoms with E-state index in [-0.39, 0.29) is 5.91 Å². The van der Waals surface area contributed by atoms with Crippen molar-refractivity contribution >= 4 is 5.91 Å². The van der Waals surface area contributed by atoms with Gasteiger partial charge in [-0.1, -0.05) is 32.0 Å². The van der Waals surface area contributed by atoms with Crippen LogP contribution in [0.5, 0.6) is 0 Å². The van der Waals surface area contributed by atoms with Crippen molar-refractivity contribution in [1.29, 1.82) is 0 Å². The average molecular weight is 273 g/mol. The van der Waals surface area contributed by atoms with Crippen molar-refractivity contribution < 1.29 is 9.53 Å². The second kappa shape index (κ2) is 5.21. The van der Waals surface area contributed by atoms with Crippen LogP contribution in [0.15, 0.2) is 30.3 Å². The Morgan fingerprint density at radius 1 is 1.25 bits per heavy atom. The van der Waals surface area contributed by atoms with Crippen LogP contribution in [0.3, 0.4) is 0 Å². The van der Waals surface area contributed by atoms with Crippen LogP contribution < -0.4 is 0 Å². The number of amides is 1. The summed E-state index contributed by atoms with van der Waals surface area (Å²) in [6.07, 6.45) is 2.18. The van der Waals surface area contributed by atoms with Crippen LogP contribution >= 0.6 is 0 Å². The molecule has 1 spiro atoms. The molecule has 3 rings (SSSR count). The van der Waals surface area contributed by atoms with E-state index in [1.165, 1.54) is 0 Å². The van der Waals surface area contributed by atoms with Crippen LogP contribution in [-0.2, 0) is 4.74 Å². The van der Waals surface area contributed by atoms with Gasteiger partial charge in [0.2, 0.25) is 0 Å². The molecule has 2 fully saturated rings. The van der Waals surface area contributed by atoms with Crippen LogP contribution in [0.4, 0.5) is 0 Å². The van der Waals surface area contributed by atoms with E-state index < -0.39 is 0 Å². The van der Waals surface area contributed by atoms with Crippen molar-refractivity contribution in [3.05, 3.63) is 35.9 Å². The highest BCUT2D eigenvalue weighted by molar-refractivity contribution is 5.95. The third kappa shape index (κ3) is 2.14. The molecule has 1 amide bonds. The van der Waals surface area contributed by atoms with Gasteiger partial charge in [0.1, 0.15) is 0 Å². The van der Waals surface area contributed by atoms with Crippen molar-refractivity contribution in [2.24, 2.45) is 11.3 Å². The highest BCUT2D eigenvalue weighted by atomic mass is 16.5. The predicted octanol–water partition coefficient (Wildman–Crippen LogP) is 2.96. The van der Waals surface area contributed by atoms with E-state index >= 15 is 0 Å². The molecule has 0 radical (unpaired) electrons. The molecule has 3 nitrogen and oxygen atoms in total. The Kier molecular flexibility index (Phi) is 3.55. The maximum absolute atomic E-state index is 12.7. The highest BCUT2D eigenvalue weighted by Crippen LogP contribution is 2.49. The van der Waals surface area contributed by atoms with E-state index in [4.69, 9.17) is 4.74 Å². The summed E-state index contributed by atoms with van der Waals surface area (Å²) < 4.78 is 5.51. The molecule has 2 saturated heterocycles. The molecule has 2 aliphatic heterocycles. The first kappa shape index (κ1) is 13.6. The fourth-order valence-electron chi connectivity index (χ4n) is 3.99. The second-order valence-corrected chi connectivity index (χ2v) is 6.46. The van der Waals surface area contributed by atoms with Gasteiger partial charge in [-0.25, -0.2) is 0 Å². The Morgan fingerprint density at radius 2 is 1.90 bits per heavy atom. The molecule has 1 aromatic carbocycles. The Balaban J connectivity index is 1.80. The molecule has 1 unspecified atom stereocenters. The lowest BCUT2D eigenvalue weighted by atomic mass is 9.62. The highest BCUT2D eigenvalue weighted by Gasteiger charge is 2.55. The predicted molar refractivity (Wildman–Crippen MR) is 78.6 cm³/mol. The summed E-state index contributed by atoms with van der Waals surface area (Å²) >= 11 is 0. The summed E-state index contributed by atoms with van der Waals surface area (Å²) in [6.45, 7) is 7.04. The molecule has 108 valence electrons. The number of ether oxygens (including phenoxy) is 1. The van der Waals surface area contributed by atoms with Crippen molar-refractivity contribution in [2.45, 2.75) is 32.7 Å². The Bertz CT molecular complexity index is 477. The van der Waals surface area contributed by atoms with Crippen LogP contribution in [-0.4, -0.2) is 36.6 Å². The molecule has 0 saturated carbocycles. The Labute approximate surface area is 120 Å². The van der Waals surface area contributed by atoms with Gasteiger partial charge in [0, 0.05) is 36.8 Å². The van der Waals surface area contributed by atoms with Crippen LogP contribution in [0, 0.1) is 11.3 Å². The summed E-state index contributed by atoms with van der Waals surface area (Å²) in [4.78, 5) is 14.7. The van der Waals surface area contributed by atoms with E-state index in [2.05, 4.69) is 18.7 Å². The molecule has 0 bridgehead atoms. The number of hydrogen-bond donors (Lipinski definition) is 0. The smallest absolute Gasteiger partial charge is 0.254 e. The number of carbonyl (C=O) groups is 1. The average Bonchev–Trinajstić information content (AvgIpc) is 2.45. The lowest BCUT2D eigenvalue weighted by Crippen LogP contribution is -2.69. The number of likely N-dealkylation sites (tertiary alicyclic amines) is 1. The first-order valence-electron chi connectivity index (χ1n) is 7.58. The van der Waals surface area contributed by atoms with E-state index in [0.29, 0.717) is 17.4 Å². The van der Waals surface area contributed by atoms with Gasteiger partial charge in [0.15, 0.2) is 0 Å². The van der Waals surface area contributed by atoms with E-state index in [0.717, 1.165) is 38.2 Å². The maximum Gasteiger partial charge on any atom is 0.254 e. The second-order valence-electron chi connectivity index (χ2n) is 6.46. The van der Waals surface area contributed by atoms with Gasteiger partial charge in [-0.15, -0.1) is 0 Å². The number of rotatable bonds is 2. The van der Waals surface area contributed by atoms with Gasteiger partial charge >= 0.3 is 0 Å². The van der Waals surface area contributed by atoms with Crippen molar-refractivity contribution in [3.8, 4) is 0 Å². The number of nitrogens with zero attached hydrogens (tertiary/aromatic N) is 1. The summed E-state index contributed by atoms with van der Waals surface area (Å²) in [5.41, 5.74) is 1.11. The molecule has 1 atom stereocenters. The molecular weight excluding hydrogens is 250 g/mol. The monoisotopic (exact) mass is 273 g/mol. The number of hydrogen-bond acceptors (Lipinski definition) is 2. The fourth-order valence-corrected chi connectivity index (χ4v) is 3.99. The van der Waals surface area contributed by atoms with Gasteiger partial charge in [0.05, 0.1) is 0 Å². The summed E-state index contributed by atoms with van der Waals surface area (Å²) in [5, 5.41) is 0. The minimum absolute atomic E-state index is 0.182. The van der Waals surface area contributed by atoms with Crippen molar-refractivity contribution in [1.82, 2.24) is 4.90 Å². The molecule has 2 heterocycles. The molecule has 20 heavy (non-hydrogen) atoms. The van der Waals surface area contributed by atoms with E-state index in [1.54, 1.807) is 0 Å². The standard InChI is InChI=1S/C17H23NO2/c1-13(2)15-17(8-10-20-11-9-17)12-18(15)16(19)14-6-4-3-5-7-14/h3-7,13,15H,8-12H2,1-2H3. The fraction of sp³-hybridized carbons (Fsp3) is 0.588. The summed E-state index contributed by atoms with van der Waals surface area (Å²) in [7, 11) is 0. The third-order valence-corrected chi connectivity index (χ3v) is 4.85. The topological polar surface area (TPSA) is 29.5 Å². The lowest BCUT2D eigenvalue weighted by Gasteiger charge is -2.61.